The SMILES string of the molecule is CSCC(C)CNC(=O)C(C)(C)C(N)=S. The van der Waals surface area contributed by atoms with Gasteiger partial charge in [-0.1, -0.05) is 19.1 Å². The minimum absolute atomic E-state index is 0.0945. The van der Waals surface area contributed by atoms with Gasteiger partial charge in [0.15, 0.2) is 0 Å². The number of carbonyl (C=O) groups is 1. The minimum Gasteiger partial charge on any atom is -0.392 e. The number of thioether (sulfide) groups is 1. The van der Waals surface area contributed by atoms with E-state index >= 15 is 0 Å². The molecule has 1 amide bonds. The number of hydrogen-bond donors (Lipinski definition) is 2. The fourth-order valence-corrected chi connectivity index (χ4v) is 1.72. The Hall–Kier alpha value is -0.290. The maximum absolute atomic E-state index is 11.7. The van der Waals surface area contributed by atoms with Crippen LogP contribution in [-0.4, -0.2) is 29.4 Å². The molecule has 0 rings (SSSR count). The van der Waals surface area contributed by atoms with E-state index < -0.39 is 5.41 Å². The first-order valence-electron chi connectivity index (χ1n) is 4.89. The molecule has 0 aromatic carbocycles. The highest BCUT2D eigenvalue weighted by molar-refractivity contribution is 7.98. The summed E-state index contributed by atoms with van der Waals surface area (Å²) in [5.41, 5.74) is 4.75. The van der Waals surface area contributed by atoms with Crippen LogP contribution in [0.3, 0.4) is 0 Å². The van der Waals surface area contributed by atoms with Gasteiger partial charge in [0.25, 0.3) is 0 Å². The molecule has 0 fully saturated rings. The number of nitrogens with two attached hydrogens (primary N) is 1. The molecule has 0 radical (unpaired) electrons. The number of hydrogen-bond acceptors (Lipinski definition) is 3. The molecule has 1 atom stereocenters. The third-order valence-electron chi connectivity index (χ3n) is 2.25. The van der Waals surface area contributed by atoms with E-state index in [-0.39, 0.29) is 10.9 Å². The molecule has 0 heterocycles. The Morgan fingerprint density at radius 2 is 2.13 bits per heavy atom. The predicted octanol–water partition coefficient (Wildman–Crippen LogP) is 1.41. The predicted molar refractivity (Wildman–Crippen MR) is 71.1 cm³/mol. The molecule has 0 saturated heterocycles. The minimum atomic E-state index is -0.756. The zero-order valence-corrected chi connectivity index (χ0v) is 11.4. The summed E-state index contributed by atoms with van der Waals surface area (Å²) in [4.78, 5) is 12.0. The van der Waals surface area contributed by atoms with Gasteiger partial charge in [-0.25, -0.2) is 0 Å². The van der Waals surface area contributed by atoms with Gasteiger partial charge in [-0.05, 0) is 31.8 Å². The van der Waals surface area contributed by atoms with Crippen molar-refractivity contribution in [2.24, 2.45) is 17.1 Å². The average molecular weight is 248 g/mol. The molecule has 3 N–H and O–H groups in total. The van der Waals surface area contributed by atoms with Crippen molar-refractivity contribution in [3.63, 3.8) is 0 Å². The second-order valence-electron chi connectivity index (χ2n) is 4.26. The lowest BCUT2D eigenvalue weighted by atomic mass is 9.92. The molecule has 0 aliphatic carbocycles. The van der Waals surface area contributed by atoms with E-state index in [1.54, 1.807) is 25.6 Å². The van der Waals surface area contributed by atoms with Crippen LogP contribution in [0.1, 0.15) is 20.8 Å². The molecule has 3 nitrogen and oxygen atoms in total. The summed E-state index contributed by atoms with van der Waals surface area (Å²) in [7, 11) is 0. The molecular weight excluding hydrogens is 228 g/mol. The standard InChI is InChI=1S/C10H20N2OS2/c1-7(6-15-4)5-12-9(13)10(2,3)8(11)14/h7H,5-6H2,1-4H3,(H2,11,14)(H,12,13). The van der Waals surface area contributed by atoms with Crippen molar-refractivity contribution >= 4 is 34.9 Å². The summed E-state index contributed by atoms with van der Waals surface area (Å²) in [5.74, 6) is 1.40. The number of carbonyl (C=O) groups excluding carboxylic acids is 1. The van der Waals surface area contributed by atoms with E-state index in [0.717, 1.165) is 5.75 Å². The summed E-state index contributed by atoms with van der Waals surface area (Å²) in [5, 5.41) is 2.87. The van der Waals surface area contributed by atoms with Crippen molar-refractivity contribution in [1.29, 1.82) is 0 Å². The molecule has 0 saturated carbocycles. The van der Waals surface area contributed by atoms with Crippen molar-refractivity contribution in [2.45, 2.75) is 20.8 Å². The van der Waals surface area contributed by atoms with Crippen LogP contribution in [0.15, 0.2) is 0 Å². The Bertz CT molecular complexity index is 242. The molecule has 1 unspecified atom stereocenters. The lowest BCUT2D eigenvalue weighted by molar-refractivity contribution is -0.126. The molecule has 0 aliphatic rings. The molecule has 0 aliphatic heterocycles. The van der Waals surface area contributed by atoms with Crippen LogP contribution in [-0.2, 0) is 4.79 Å². The maximum Gasteiger partial charge on any atom is 0.232 e. The molecule has 15 heavy (non-hydrogen) atoms. The van der Waals surface area contributed by atoms with Crippen molar-refractivity contribution in [2.75, 3.05) is 18.6 Å². The van der Waals surface area contributed by atoms with Gasteiger partial charge >= 0.3 is 0 Å². The number of thiocarbonyl (C=S) groups is 1. The van der Waals surface area contributed by atoms with Crippen LogP contribution >= 0.6 is 24.0 Å². The normalized spacial score (nSPS) is 13.3. The van der Waals surface area contributed by atoms with E-state index in [0.29, 0.717) is 12.5 Å². The van der Waals surface area contributed by atoms with Gasteiger partial charge in [-0.2, -0.15) is 11.8 Å². The van der Waals surface area contributed by atoms with Gasteiger partial charge in [0.2, 0.25) is 5.91 Å². The number of nitrogens with one attached hydrogen (secondary N) is 1. The zero-order chi connectivity index (χ0) is 12.1. The third-order valence-corrected chi connectivity index (χ3v) is 3.66. The van der Waals surface area contributed by atoms with Crippen LogP contribution in [0.2, 0.25) is 0 Å². The highest BCUT2D eigenvalue weighted by atomic mass is 32.2. The molecule has 0 spiro atoms. The van der Waals surface area contributed by atoms with Crippen LogP contribution in [0.5, 0.6) is 0 Å². The lowest BCUT2D eigenvalue weighted by Gasteiger charge is -2.23. The van der Waals surface area contributed by atoms with Gasteiger partial charge in [0.1, 0.15) is 0 Å². The van der Waals surface area contributed by atoms with E-state index in [9.17, 15) is 4.79 Å². The van der Waals surface area contributed by atoms with Crippen molar-refractivity contribution in [3.05, 3.63) is 0 Å². The maximum atomic E-state index is 11.7. The van der Waals surface area contributed by atoms with Gasteiger partial charge in [0, 0.05) is 6.54 Å². The van der Waals surface area contributed by atoms with Gasteiger partial charge in [-0.3, -0.25) is 4.79 Å². The Morgan fingerprint density at radius 1 is 1.60 bits per heavy atom. The zero-order valence-electron chi connectivity index (χ0n) is 9.79. The van der Waals surface area contributed by atoms with Gasteiger partial charge < -0.3 is 11.1 Å². The van der Waals surface area contributed by atoms with Crippen LogP contribution < -0.4 is 11.1 Å². The van der Waals surface area contributed by atoms with Crippen LogP contribution in [0.25, 0.3) is 0 Å². The average Bonchev–Trinajstić information content (AvgIpc) is 2.14. The second-order valence-corrected chi connectivity index (χ2v) is 5.61. The highest BCUT2D eigenvalue weighted by Crippen LogP contribution is 2.15. The Balaban J connectivity index is 4.09. The first-order chi connectivity index (χ1) is 6.82. The second kappa shape index (κ2) is 6.33. The summed E-state index contributed by atoms with van der Waals surface area (Å²) in [6.07, 6.45) is 2.05. The summed E-state index contributed by atoms with van der Waals surface area (Å²) in [6, 6.07) is 0. The van der Waals surface area contributed by atoms with E-state index in [4.69, 9.17) is 18.0 Å². The molecule has 0 aromatic rings. The first-order valence-corrected chi connectivity index (χ1v) is 6.69. The summed E-state index contributed by atoms with van der Waals surface area (Å²) >= 11 is 6.63. The molecule has 0 aromatic heterocycles. The first kappa shape index (κ1) is 14.7. The number of rotatable bonds is 6. The number of amides is 1. The quantitative estimate of drug-likeness (QED) is 0.698. The topological polar surface area (TPSA) is 55.1 Å². The smallest absolute Gasteiger partial charge is 0.232 e. The van der Waals surface area contributed by atoms with Crippen LogP contribution in [0, 0.1) is 11.3 Å². The van der Waals surface area contributed by atoms with Gasteiger partial charge in [0.05, 0.1) is 10.4 Å². The molecule has 88 valence electrons. The summed E-state index contributed by atoms with van der Waals surface area (Å²) < 4.78 is 0. The van der Waals surface area contributed by atoms with Crippen LogP contribution in [0.4, 0.5) is 0 Å². The Kier molecular flexibility index (Phi) is 6.20. The van der Waals surface area contributed by atoms with E-state index in [2.05, 4.69) is 18.5 Å². The van der Waals surface area contributed by atoms with Crippen molar-refractivity contribution in [3.8, 4) is 0 Å². The van der Waals surface area contributed by atoms with E-state index in [1.165, 1.54) is 0 Å². The largest absolute Gasteiger partial charge is 0.392 e. The van der Waals surface area contributed by atoms with Gasteiger partial charge in [-0.15, -0.1) is 0 Å². The lowest BCUT2D eigenvalue weighted by Crippen LogP contribution is -2.46. The molecular formula is C10H20N2OS2. The van der Waals surface area contributed by atoms with Crippen molar-refractivity contribution < 1.29 is 4.79 Å². The van der Waals surface area contributed by atoms with E-state index in [1.807, 2.05) is 0 Å². The monoisotopic (exact) mass is 248 g/mol. The molecule has 0 bridgehead atoms. The fraction of sp³-hybridized carbons (Fsp3) is 0.800. The highest BCUT2D eigenvalue weighted by Gasteiger charge is 2.30. The van der Waals surface area contributed by atoms with Crippen molar-refractivity contribution in [1.82, 2.24) is 5.32 Å². The Labute approximate surface area is 102 Å². The molecule has 5 heteroatoms. The third kappa shape index (κ3) is 4.84. The fourth-order valence-electron chi connectivity index (χ4n) is 0.943. The Morgan fingerprint density at radius 3 is 2.53 bits per heavy atom. The summed E-state index contributed by atoms with van der Waals surface area (Å²) in [6.45, 7) is 6.25.